The standard InChI is InChI=1S/C25H23F4N3O3/c26-18-10-16(9-17(12-18)25(27,28)29)8-15-4-6-30-23(11-15)32-7-5-20-21(2-1-3-22(20)32)24(35)31-13-19(34)14-33/h1-4,6,9-12,19,33-34H,5,7-8,13-14H2,(H,31,35)/t19-/m0/s1. The van der Waals surface area contributed by atoms with Crippen molar-refractivity contribution in [1.29, 1.82) is 0 Å². The first-order valence-corrected chi connectivity index (χ1v) is 10.9. The molecule has 0 saturated heterocycles. The summed E-state index contributed by atoms with van der Waals surface area (Å²) < 4.78 is 53.0. The van der Waals surface area contributed by atoms with E-state index in [1.807, 2.05) is 11.0 Å². The molecule has 35 heavy (non-hydrogen) atoms. The topological polar surface area (TPSA) is 85.7 Å². The Bertz CT molecular complexity index is 1230. The highest BCUT2D eigenvalue weighted by atomic mass is 19.4. The number of aromatic nitrogens is 1. The minimum Gasteiger partial charge on any atom is -0.394 e. The Hall–Kier alpha value is -3.50. The number of nitrogens with one attached hydrogen (secondary N) is 1. The molecular formula is C25H23F4N3O3. The van der Waals surface area contributed by atoms with E-state index in [0.29, 0.717) is 36.0 Å². The first-order chi connectivity index (χ1) is 16.7. The Balaban J connectivity index is 1.56. The van der Waals surface area contributed by atoms with Gasteiger partial charge in [0.2, 0.25) is 0 Å². The average Bonchev–Trinajstić information content (AvgIpc) is 3.26. The van der Waals surface area contributed by atoms with Gasteiger partial charge in [0, 0.05) is 30.5 Å². The average molecular weight is 489 g/mol. The highest BCUT2D eigenvalue weighted by Gasteiger charge is 2.31. The summed E-state index contributed by atoms with van der Waals surface area (Å²) in [5.41, 5.74) is 1.85. The van der Waals surface area contributed by atoms with Crippen LogP contribution in [0.5, 0.6) is 0 Å². The molecule has 10 heteroatoms. The van der Waals surface area contributed by atoms with Gasteiger partial charge in [-0.25, -0.2) is 9.37 Å². The van der Waals surface area contributed by atoms with Crippen LogP contribution in [0.2, 0.25) is 0 Å². The fraction of sp³-hybridized carbons (Fsp3) is 0.280. The Morgan fingerprint density at radius 2 is 1.94 bits per heavy atom. The number of rotatable bonds is 7. The molecule has 6 nitrogen and oxygen atoms in total. The third-order valence-corrected chi connectivity index (χ3v) is 5.76. The maximum atomic E-state index is 13.8. The molecule has 1 amide bonds. The molecule has 184 valence electrons. The number of alkyl halides is 3. The molecule has 0 spiro atoms. The number of amides is 1. The fourth-order valence-electron chi connectivity index (χ4n) is 4.13. The number of fused-ring (bicyclic) bond motifs is 1. The predicted molar refractivity (Wildman–Crippen MR) is 121 cm³/mol. The van der Waals surface area contributed by atoms with E-state index in [4.69, 9.17) is 5.11 Å². The van der Waals surface area contributed by atoms with Gasteiger partial charge in [-0.15, -0.1) is 0 Å². The van der Waals surface area contributed by atoms with E-state index in [0.717, 1.165) is 23.4 Å². The number of hydrogen-bond donors (Lipinski definition) is 3. The van der Waals surface area contributed by atoms with Crippen molar-refractivity contribution in [2.75, 3.05) is 24.6 Å². The van der Waals surface area contributed by atoms with Gasteiger partial charge in [0.05, 0.1) is 18.3 Å². The lowest BCUT2D eigenvalue weighted by Crippen LogP contribution is -2.34. The first-order valence-electron chi connectivity index (χ1n) is 10.9. The van der Waals surface area contributed by atoms with Crippen molar-refractivity contribution in [1.82, 2.24) is 10.3 Å². The fourth-order valence-corrected chi connectivity index (χ4v) is 4.13. The molecule has 0 radical (unpaired) electrons. The molecule has 0 saturated carbocycles. The van der Waals surface area contributed by atoms with Crippen molar-refractivity contribution in [3.05, 3.63) is 88.4 Å². The molecule has 4 rings (SSSR count). The van der Waals surface area contributed by atoms with Crippen LogP contribution >= 0.6 is 0 Å². The maximum absolute atomic E-state index is 13.8. The lowest BCUT2D eigenvalue weighted by molar-refractivity contribution is -0.137. The summed E-state index contributed by atoms with van der Waals surface area (Å²) in [4.78, 5) is 18.9. The van der Waals surface area contributed by atoms with Crippen molar-refractivity contribution in [2.24, 2.45) is 0 Å². The Kier molecular flexibility index (Phi) is 7.04. The summed E-state index contributed by atoms with van der Waals surface area (Å²) in [7, 11) is 0. The Morgan fingerprint density at radius 1 is 1.14 bits per heavy atom. The van der Waals surface area contributed by atoms with Crippen molar-refractivity contribution in [2.45, 2.75) is 25.1 Å². The molecule has 3 N–H and O–H groups in total. The number of aliphatic hydroxyl groups excluding tert-OH is 2. The van der Waals surface area contributed by atoms with E-state index in [-0.39, 0.29) is 24.4 Å². The quantitative estimate of drug-likeness (QED) is 0.442. The van der Waals surface area contributed by atoms with Gasteiger partial charge in [0.25, 0.3) is 5.91 Å². The van der Waals surface area contributed by atoms with Crippen molar-refractivity contribution in [3.63, 3.8) is 0 Å². The summed E-state index contributed by atoms with van der Waals surface area (Å²) in [6.45, 7) is -0.00785. The molecule has 1 atom stereocenters. The summed E-state index contributed by atoms with van der Waals surface area (Å²) in [5, 5.41) is 21.0. The van der Waals surface area contributed by atoms with Gasteiger partial charge >= 0.3 is 6.18 Å². The van der Waals surface area contributed by atoms with Crippen LogP contribution in [0.15, 0.2) is 54.7 Å². The summed E-state index contributed by atoms with van der Waals surface area (Å²) in [5.74, 6) is -0.763. The van der Waals surface area contributed by atoms with Crippen molar-refractivity contribution >= 4 is 17.4 Å². The molecule has 0 bridgehead atoms. The van der Waals surface area contributed by atoms with Crippen LogP contribution < -0.4 is 10.2 Å². The van der Waals surface area contributed by atoms with Gasteiger partial charge < -0.3 is 20.4 Å². The van der Waals surface area contributed by atoms with Crippen LogP contribution in [0.1, 0.15) is 32.6 Å². The number of nitrogens with zero attached hydrogens (tertiary/aromatic N) is 2. The second kappa shape index (κ2) is 10.0. The van der Waals surface area contributed by atoms with Crippen LogP contribution in [0.4, 0.5) is 29.1 Å². The number of halogens is 4. The molecule has 0 aliphatic carbocycles. The van der Waals surface area contributed by atoms with Gasteiger partial charge in [-0.2, -0.15) is 13.2 Å². The van der Waals surface area contributed by atoms with Gasteiger partial charge in [0.15, 0.2) is 0 Å². The Morgan fingerprint density at radius 3 is 2.69 bits per heavy atom. The molecule has 3 aromatic rings. The van der Waals surface area contributed by atoms with Gasteiger partial charge in [-0.1, -0.05) is 6.07 Å². The van der Waals surface area contributed by atoms with Crippen molar-refractivity contribution in [3.8, 4) is 0 Å². The van der Waals surface area contributed by atoms with E-state index in [2.05, 4.69) is 10.3 Å². The van der Waals surface area contributed by atoms with Crippen LogP contribution in [0, 0.1) is 5.82 Å². The highest BCUT2D eigenvalue weighted by Crippen LogP contribution is 2.36. The number of anilines is 2. The molecular weight excluding hydrogens is 466 g/mol. The monoisotopic (exact) mass is 489 g/mol. The number of pyridine rings is 1. The number of aliphatic hydroxyl groups is 2. The lowest BCUT2D eigenvalue weighted by atomic mass is 10.0. The zero-order valence-corrected chi connectivity index (χ0v) is 18.5. The van der Waals surface area contributed by atoms with Crippen LogP contribution in [0.3, 0.4) is 0 Å². The minimum absolute atomic E-state index is 0.0809. The summed E-state index contributed by atoms with van der Waals surface area (Å²) in [6, 6.07) is 11.1. The van der Waals surface area contributed by atoms with Gasteiger partial charge in [0.1, 0.15) is 11.6 Å². The van der Waals surface area contributed by atoms with Crippen LogP contribution in [-0.2, 0) is 19.0 Å². The number of carbonyl (C=O) groups excluding carboxylic acids is 1. The second-order valence-corrected chi connectivity index (χ2v) is 8.30. The van der Waals surface area contributed by atoms with Crippen LogP contribution in [-0.4, -0.2) is 46.9 Å². The minimum atomic E-state index is -4.64. The zero-order chi connectivity index (χ0) is 25.2. The van der Waals surface area contributed by atoms with Gasteiger partial charge in [-0.05, 0) is 72.0 Å². The molecule has 0 fully saturated rings. The molecule has 2 heterocycles. The molecule has 1 aromatic heterocycles. The lowest BCUT2D eigenvalue weighted by Gasteiger charge is -2.20. The van der Waals surface area contributed by atoms with E-state index >= 15 is 0 Å². The van der Waals surface area contributed by atoms with E-state index in [1.165, 1.54) is 0 Å². The third-order valence-electron chi connectivity index (χ3n) is 5.76. The van der Waals surface area contributed by atoms with Crippen LogP contribution in [0.25, 0.3) is 0 Å². The van der Waals surface area contributed by atoms with Crippen molar-refractivity contribution < 1.29 is 32.6 Å². The largest absolute Gasteiger partial charge is 0.416 e. The summed E-state index contributed by atoms with van der Waals surface area (Å²) in [6.07, 6.45) is -3.50. The number of benzene rings is 2. The van der Waals surface area contributed by atoms with E-state index < -0.39 is 30.3 Å². The summed E-state index contributed by atoms with van der Waals surface area (Å²) >= 11 is 0. The molecule has 1 aliphatic rings. The number of carbonyl (C=O) groups is 1. The highest BCUT2D eigenvalue weighted by molar-refractivity contribution is 5.98. The first kappa shape index (κ1) is 24.6. The van der Waals surface area contributed by atoms with Gasteiger partial charge in [-0.3, -0.25) is 4.79 Å². The second-order valence-electron chi connectivity index (χ2n) is 8.30. The van der Waals surface area contributed by atoms with E-state index in [1.54, 1.807) is 30.5 Å². The predicted octanol–water partition coefficient (Wildman–Crippen LogP) is 3.61. The zero-order valence-electron chi connectivity index (χ0n) is 18.5. The Labute approximate surface area is 198 Å². The molecule has 1 aliphatic heterocycles. The molecule has 2 aromatic carbocycles. The number of hydrogen-bond acceptors (Lipinski definition) is 5. The third kappa shape index (κ3) is 5.60. The normalized spacial score (nSPS) is 14.1. The maximum Gasteiger partial charge on any atom is 0.416 e. The van der Waals surface area contributed by atoms with E-state index in [9.17, 15) is 27.5 Å². The molecule has 0 unspecified atom stereocenters. The smallest absolute Gasteiger partial charge is 0.394 e. The SMILES string of the molecule is O=C(NC[C@H](O)CO)c1cccc2c1CCN2c1cc(Cc2cc(F)cc(C(F)(F)F)c2)ccn1.